The van der Waals surface area contributed by atoms with Crippen LogP contribution in [0.2, 0.25) is 25.7 Å². The molecule has 3 aromatic rings. The fraction of sp³-hybridized carbons (Fsp3) is 0.591. The van der Waals surface area contributed by atoms with Crippen LogP contribution in [-0.2, 0) is 24.3 Å². The van der Waals surface area contributed by atoms with E-state index < -0.39 is 8.07 Å². The maximum atomic E-state index is 6.07. The molecule has 2 aliphatic carbocycles. The lowest BCUT2D eigenvalue weighted by atomic mass is 9.87. The van der Waals surface area contributed by atoms with Gasteiger partial charge in [0.05, 0.1) is 17.1 Å². The van der Waals surface area contributed by atoms with Crippen molar-refractivity contribution in [2.24, 2.45) is 11.3 Å². The number of rotatable bonds is 7. The number of methoxy groups -OCH3 is 1. The van der Waals surface area contributed by atoms with Crippen LogP contribution in [0.4, 0.5) is 0 Å². The molecule has 7 nitrogen and oxygen atoms in total. The zero-order valence-electron chi connectivity index (χ0n) is 18.9. The Morgan fingerprint density at radius 1 is 1.32 bits per heavy atom. The van der Waals surface area contributed by atoms with E-state index in [1.54, 1.807) is 7.11 Å². The lowest BCUT2D eigenvalue weighted by molar-refractivity contribution is 0.0757. The molecule has 0 bridgehead atoms. The maximum absolute atomic E-state index is 6.07. The molecule has 1 N–H and O–H groups in total. The van der Waals surface area contributed by atoms with Crippen molar-refractivity contribution in [3.8, 4) is 17.4 Å². The maximum Gasteiger partial charge on any atom is 0.229 e. The normalized spacial score (nSPS) is 22.5. The predicted octanol–water partition coefficient (Wildman–Crippen LogP) is 5.03. The summed E-state index contributed by atoms with van der Waals surface area (Å²) >= 11 is 3.51. The second-order valence-corrected chi connectivity index (χ2v) is 17.0. The van der Waals surface area contributed by atoms with E-state index in [1.807, 2.05) is 6.07 Å². The average Bonchev–Trinajstić information content (AvgIpc) is 3.01. The minimum atomic E-state index is -1.11. The SMILES string of the molecule is COc1nc2nc(-c3nn(COCC[Si](C)(C)C)c4c3C[C@@H]3C[C@]3(C)C4)[nH]c2cc1Br. The van der Waals surface area contributed by atoms with Gasteiger partial charge in [0, 0.05) is 25.9 Å². The number of aromatic nitrogens is 5. The van der Waals surface area contributed by atoms with Gasteiger partial charge in [0.25, 0.3) is 0 Å². The third-order valence-corrected chi connectivity index (χ3v) is 9.02. The summed E-state index contributed by atoms with van der Waals surface area (Å²) in [6.07, 6.45) is 3.42. The van der Waals surface area contributed by atoms with Gasteiger partial charge in [-0.15, -0.1) is 0 Å². The number of pyridine rings is 1. The lowest BCUT2D eigenvalue weighted by Gasteiger charge is -2.20. The van der Waals surface area contributed by atoms with Crippen molar-refractivity contribution in [2.45, 2.75) is 58.6 Å². The van der Waals surface area contributed by atoms with E-state index >= 15 is 0 Å². The highest BCUT2D eigenvalue weighted by Gasteiger charge is 2.54. The number of nitrogens with zero attached hydrogens (tertiary/aromatic N) is 4. The summed E-state index contributed by atoms with van der Waals surface area (Å²) in [5.41, 5.74) is 5.49. The Bertz CT molecular complexity index is 1150. The number of nitrogens with one attached hydrogen (secondary N) is 1. The second kappa shape index (κ2) is 7.42. The van der Waals surface area contributed by atoms with Crippen LogP contribution >= 0.6 is 15.9 Å². The number of halogens is 1. The fourth-order valence-electron chi connectivity index (χ4n) is 4.60. The van der Waals surface area contributed by atoms with E-state index in [9.17, 15) is 0 Å². The van der Waals surface area contributed by atoms with Crippen LogP contribution in [0.25, 0.3) is 22.7 Å². The number of hydrogen-bond donors (Lipinski definition) is 1. The topological polar surface area (TPSA) is 77.8 Å². The molecule has 1 saturated carbocycles. The highest BCUT2D eigenvalue weighted by Crippen LogP contribution is 2.60. The summed E-state index contributed by atoms with van der Waals surface area (Å²) in [6.45, 7) is 10.8. The zero-order valence-corrected chi connectivity index (χ0v) is 21.5. The standard InChI is InChI=1S/C22H30BrN5O2Si/c1-22-10-13(22)8-14-17(11-22)28(12-30-6-7-31(3,4)5)27-18(14)20-24-16-9-15(23)21(29-2)26-19(16)25-20/h9,13H,6-8,10-12H2,1-5H3,(H,24,25,26)/t13-,22-/m1/s1. The molecule has 0 aromatic carbocycles. The molecule has 0 saturated heterocycles. The lowest BCUT2D eigenvalue weighted by Crippen LogP contribution is -2.23. The van der Waals surface area contributed by atoms with E-state index in [-0.39, 0.29) is 0 Å². The average molecular weight is 505 g/mol. The molecule has 0 amide bonds. The van der Waals surface area contributed by atoms with Gasteiger partial charge in [-0.1, -0.05) is 26.6 Å². The number of fused-ring (bicyclic) bond motifs is 3. The zero-order chi connectivity index (χ0) is 22.0. The fourth-order valence-corrected chi connectivity index (χ4v) is 5.83. The van der Waals surface area contributed by atoms with E-state index in [2.05, 4.69) is 57.1 Å². The van der Waals surface area contributed by atoms with Crippen molar-refractivity contribution in [1.29, 1.82) is 0 Å². The summed E-state index contributed by atoms with van der Waals surface area (Å²) in [4.78, 5) is 12.7. The summed E-state index contributed by atoms with van der Waals surface area (Å²) < 4.78 is 14.3. The van der Waals surface area contributed by atoms with Crippen LogP contribution in [-0.4, -0.2) is 46.5 Å². The Kier molecular flexibility index (Phi) is 5.06. The van der Waals surface area contributed by atoms with Gasteiger partial charge in [-0.25, -0.2) is 9.67 Å². The van der Waals surface area contributed by atoms with E-state index in [0.29, 0.717) is 23.7 Å². The van der Waals surface area contributed by atoms with Gasteiger partial charge in [0.1, 0.15) is 12.4 Å². The highest BCUT2D eigenvalue weighted by molar-refractivity contribution is 9.10. The summed E-state index contributed by atoms with van der Waals surface area (Å²) in [5.74, 6) is 2.05. The Labute approximate surface area is 192 Å². The largest absolute Gasteiger partial charge is 0.480 e. The molecule has 0 unspecified atom stereocenters. The molecule has 3 aromatic heterocycles. The van der Waals surface area contributed by atoms with Gasteiger partial charge < -0.3 is 14.5 Å². The van der Waals surface area contributed by atoms with Crippen LogP contribution < -0.4 is 4.74 Å². The molecule has 0 aliphatic heterocycles. The van der Waals surface area contributed by atoms with E-state index in [4.69, 9.17) is 19.6 Å². The molecule has 0 spiro atoms. The number of aromatic amines is 1. The van der Waals surface area contributed by atoms with Crippen LogP contribution in [0.15, 0.2) is 10.5 Å². The molecular weight excluding hydrogens is 474 g/mol. The van der Waals surface area contributed by atoms with Crippen LogP contribution in [0.3, 0.4) is 0 Å². The summed E-state index contributed by atoms with van der Waals surface area (Å²) in [6, 6.07) is 3.12. The first-order valence-electron chi connectivity index (χ1n) is 10.9. The van der Waals surface area contributed by atoms with Gasteiger partial charge in [-0.05, 0) is 58.6 Å². The number of ether oxygens (including phenoxy) is 2. The Morgan fingerprint density at radius 3 is 2.87 bits per heavy atom. The van der Waals surface area contributed by atoms with Gasteiger partial charge in [0.2, 0.25) is 5.88 Å². The third kappa shape index (κ3) is 3.96. The van der Waals surface area contributed by atoms with Gasteiger partial charge in [-0.3, -0.25) is 0 Å². The predicted molar refractivity (Wildman–Crippen MR) is 127 cm³/mol. The van der Waals surface area contributed by atoms with Crippen LogP contribution in [0.1, 0.15) is 24.6 Å². The number of imidazole rings is 1. The quantitative estimate of drug-likeness (QED) is 0.361. The molecule has 0 radical (unpaired) electrons. The van der Waals surface area contributed by atoms with Crippen molar-refractivity contribution in [1.82, 2.24) is 24.7 Å². The van der Waals surface area contributed by atoms with Crippen molar-refractivity contribution in [3.63, 3.8) is 0 Å². The molecule has 9 heteroatoms. The van der Waals surface area contributed by atoms with Gasteiger partial charge >= 0.3 is 0 Å². The first kappa shape index (κ1) is 21.1. The Hall–Kier alpha value is -1.71. The van der Waals surface area contributed by atoms with Gasteiger partial charge in [0.15, 0.2) is 11.5 Å². The summed E-state index contributed by atoms with van der Waals surface area (Å²) in [7, 11) is 0.500. The first-order chi connectivity index (χ1) is 14.7. The summed E-state index contributed by atoms with van der Waals surface area (Å²) in [5, 5.41) is 4.98. The van der Waals surface area contributed by atoms with Crippen LogP contribution in [0.5, 0.6) is 5.88 Å². The first-order valence-corrected chi connectivity index (χ1v) is 15.4. The third-order valence-electron chi connectivity index (χ3n) is 6.75. The van der Waals surface area contributed by atoms with Crippen molar-refractivity contribution in [2.75, 3.05) is 13.7 Å². The van der Waals surface area contributed by atoms with Crippen molar-refractivity contribution in [3.05, 3.63) is 21.8 Å². The molecule has 1 fully saturated rings. The van der Waals surface area contributed by atoms with E-state index in [1.165, 1.54) is 17.7 Å². The number of H-pyrrole nitrogens is 1. The smallest absolute Gasteiger partial charge is 0.229 e. The van der Waals surface area contributed by atoms with Crippen molar-refractivity contribution >= 4 is 35.2 Å². The Balaban J connectivity index is 1.48. The highest BCUT2D eigenvalue weighted by atomic mass is 79.9. The van der Waals surface area contributed by atoms with Gasteiger partial charge in [-0.2, -0.15) is 10.1 Å². The van der Waals surface area contributed by atoms with E-state index in [0.717, 1.165) is 52.9 Å². The molecule has 5 rings (SSSR count). The molecular formula is C22H30BrN5O2Si. The number of hydrogen-bond acceptors (Lipinski definition) is 5. The minimum Gasteiger partial charge on any atom is -0.480 e. The molecule has 3 heterocycles. The second-order valence-electron chi connectivity index (χ2n) is 10.5. The molecule has 31 heavy (non-hydrogen) atoms. The van der Waals surface area contributed by atoms with Crippen LogP contribution in [0, 0.1) is 11.3 Å². The monoisotopic (exact) mass is 503 g/mol. The minimum absolute atomic E-state index is 0.425. The molecule has 166 valence electrons. The molecule has 2 atom stereocenters. The Morgan fingerprint density at radius 2 is 2.13 bits per heavy atom. The molecule has 2 aliphatic rings. The van der Waals surface area contributed by atoms with Crippen molar-refractivity contribution < 1.29 is 9.47 Å².